The average Bonchev–Trinajstić information content (AvgIpc) is 2.34. The van der Waals surface area contributed by atoms with Crippen LogP contribution in [0, 0.1) is 0 Å². The summed E-state index contributed by atoms with van der Waals surface area (Å²) in [6.45, 7) is 3.80. The zero-order chi connectivity index (χ0) is 11.6. The highest BCUT2D eigenvalue weighted by atomic mass is 32.2. The van der Waals surface area contributed by atoms with Gasteiger partial charge in [0, 0.05) is 6.54 Å². The summed E-state index contributed by atoms with van der Waals surface area (Å²) in [6.07, 6.45) is 0.778. The summed E-state index contributed by atoms with van der Waals surface area (Å²) in [6, 6.07) is 9.79. The Morgan fingerprint density at radius 1 is 1.31 bits per heavy atom. The van der Waals surface area contributed by atoms with Gasteiger partial charge >= 0.3 is 0 Å². The Morgan fingerprint density at radius 3 is 2.75 bits per heavy atom. The minimum absolute atomic E-state index is 0.389. The fourth-order valence-corrected chi connectivity index (χ4v) is 2.11. The molecule has 16 heavy (non-hydrogen) atoms. The van der Waals surface area contributed by atoms with Crippen molar-refractivity contribution in [3.8, 4) is 0 Å². The number of hydrogen-bond acceptors (Lipinski definition) is 3. The van der Waals surface area contributed by atoms with E-state index in [1.165, 1.54) is 17.9 Å². The van der Waals surface area contributed by atoms with Crippen molar-refractivity contribution in [1.29, 1.82) is 0 Å². The van der Waals surface area contributed by atoms with Crippen LogP contribution >= 0.6 is 11.8 Å². The Hall–Kier alpha value is -0.510. The third kappa shape index (κ3) is 5.54. The van der Waals surface area contributed by atoms with Gasteiger partial charge in [0.1, 0.15) is 0 Å². The fourth-order valence-electron chi connectivity index (χ4n) is 1.48. The van der Waals surface area contributed by atoms with Gasteiger partial charge in [0.25, 0.3) is 0 Å². The highest BCUT2D eigenvalue weighted by Crippen LogP contribution is 2.10. The van der Waals surface area contributed by atoms with E-state index in [-0.39, 0.29) is 6.10 Å². The Bertz CT molecular complexity index is 266. The summed E-state index contributed by atoms with van der Waals surface area (Å²) in [5.74, 6) is 2.39. The maximum absolute atomic E-state index is 9.86. The number of rotatable bonds is 8. The monoisotopic (exact) mass is 239 g/mol. The summed E-state index contributed by atoms with van der Waals surface area (Å²) in [7, 11) is 0. The Kier molecular flexibility index (Phi) is 7.30. The molecule has 0 spiro atoms. The molecule has 1 aromatic carbocycles. The molecule has 2 nitrogen and oxygen atoms in total. The zero-order valence-corrected chi connectivity index (χ0v) is 10.7. The molecule has 0 aromatic heterocycles. The van der Waals surface area contributed by atoms with Gasteiger partial charge in [0.15, 0.2) is 0 Å². The lowest BCUT2D eigenvalue weighted by molar-refractivity contribution is 0.175. The third-order valence-electron chi connectivity index (χ3n) is 2.37. The fraction of sp³-hybridized carbons (Fsp3) is 0.538. The summed E-state index contributed by atoms with van der Waals surface area (Å²) in [5.41, 5.74) is 0.984. The van der Waals surface area contributed by atoms with E-state index in [2.05, 4.69) is 12.2 Å². The van der Waals surface area contributed by atoms with E-state index >= 15 is 0 Å². The van der Waals surface area contributed by atoms with Crippen molar-refractivity contribution in [2.45, 2.75) is 19.4 Å². The number of aliphatic hydroxyl groups is 1. The van der Waals surface area contributed by atoms with Crippen LogP contribution in [-0.2, 0) is 0 Å². The van der Waals surface area contributed by atoms with Crippen molar-refractivity contribution >= 4 is 11.8 Å². The lowest BCUT2D eigenvalue weighted by Gasteiger charge is -2.11. The molecule has 3 heteroatoms. The molecule has 0 aliphatic rings. The van der Waals surface area contributed by atoms with Gasteiger partial charge in [-0.25, -0.2) is 0 Å². The Balaban J connectivity index is 2.09. The van der Waals surface area contributed by atoms with Crippen LogP contribution in [0.2, 0.25) is 0 Å². The first-order valence-corrected chi connectivity index (χ1v) is 7.01. The molecule has 0 bridgehead atoms. The summed E-state index contributed by atoms with van der Waals surface area (Å²) in [4.78, 5) is 0. The normalized spacial score (nSPS) is 12.6. The summed E-state index contributed by atoms with van der Waals surface area (Å²) < 4.78 is 0. The van der Waals surface area contributed by atoms with Gasteiger partial charge in [-0.15, -0.1) is 0 Å². The second-order valence-corrected chi connectivity index (χ2v) is 5.07. The first-order valence-electron chi connectivity index (χ1n) is 5.86. The highest BCUT2D eigenvalue weighted by molar-refractivity contribution is 7.99. The van der Waals surface area contributed by atoms with E-state index < -0.39 is 0 Å². The molecular weight excluding hydrogens is 218 g/mol. The summed E-state index contributed by atoms with van der Waals surface area (Å²) in [5, 5.41) is 13.1. The van der Waals surface area contributed by atoms with Crippen LogP contribution in [0.5, 0.6) is 0 Å². The van der Waals surface area contributed by atoms with E-state index in [1.54, 1.807) is 0 Å². The van der Waals surface area contributed by atoms with Crippen LogP contribution in [0.1, 0.15) is 25.0 Å². The lowest BCUT2D eigenvalue weighted by atomic mass is 10.1. The standard InChI is InChI=1S/C13H21NOS/c1-2-16-10-6-9-14-11-13(15)12-7-4-3-5-8-12/h3-5,7-8,13-15H,2,6,9-11H2,1H3. The predicted molar refractivity (Wildman–Crippen MR) is 71.9 cm³/mol. The Labute approximate surface area is 102 Å². The largest absolute Gasteiger partial charge is 0.387 e. The molecule has 90 valence electrons. The van der Waals surface area contributed by atoms with Gasteiger partial charge in [-0.2, -0.15) is 11.8 Å². The number of nitrogens with one attached hydrogen (secondary N) is 1. The SMILES string of the molecule is CCSCCCNCC(O)c1ccccc1. The predicted octanol–water partition coefficient (Wildman–Crippen LogP) is 2.45. The van der Waals surface area contributed by atoms with Crippen molar-refractivity contribution in [3.63, 3.8) is 0 Å². The van der Waals surface area contributed by atoms with Crippen LogP contribution in [0.15, 0.2) is 30.3 Å². The molecule has 0 radical (unpaired) electrons. The van der Waals surface area contributed by atoms with Crippen LogP contribution in [0.25, 0.3) is 0 Å². The molecule has 1 atom stereocenters. The minimum Gasteiger partial charge on any atom is -0.387 e. The molecule has 1 rings (SSSR count). The van der Waals surface area contributed by atoms with Gasteiger partial charge in [-0.3, -0.25) is 0 Å². The van der Waals surface area contributed by atoms with Crippen LogP contribution in [0.3, 0.4) is 0 Å². The molecule has 0 aliphatic carbocycles. The van der Waals surface area contributed by atoms with Gasteiger partial charge in [-0.05, 0) is 30.0 Å². The molecule has 0 aliphatic heterocycles. The van der Waals surface area contributed by atoms with Crippen molar-refractivity contribution in [1.82, 2.24) is 5.32 Å². The van der Waals surface area contributed by atoms with Gasteiger partial charge in [0.2, 0.25) is 0 Å². The smallest absolute Gasteiger partial charge is 0.0914 e. The first kappa shape index (κ1) is 13.6. The lowest BCUT2D eigenvalue weighted by Crippen LogP contribution is -2.22. The Morgan fingerprint density at radius 2 is 2.06 bits per heavy atom. The van der Waals surface area contributed by atoms with Crippen molar-refractivity contribution in [3.05, 3.63) is 35.9 Å². The highest BCUT2D eigenvalue weighted by Gasteiger charge is 2.04. The number of benzene rings is 1. The molecule has 1 unspecified atom stereocenters. The number of aliphatic hydroxyl groups excluding tert-OH is 1. The molecular formula is C13H21NOS. The molecule has 0 saturated heterocycles. The van der Waals surface area contributed by atoms with Crippen molar-refractivity contribution in [2.75, 3.05) is 24.6 Å². The molecule has 0 fully saturated rings. The van der Waals surface area contributed by atoms with E-state index in [0.29, 0.717) is 6.54 Å². The van der Waals surface area contributed by atoms with Crippen LogP contribution < -0.4 is 5.32 Å². The quantitative estimate of drug-likeness (QED) is 0.684. The molecule has 2 N–H and O–H groups in total. The van der Waals surface area contributed by atoms with E-state index in [9.17, 15) is 5.11 Å². The second-order valence-electron chi connectivity index (χ2n) is 3.68. The maximum atomic E-state index is 9.86. The third-order valence-corrected chi connectivity index (χ3v) is 3.35. The van der Waals surface area contributed by atoms with E-state index in [1.807, 2.05) is 42.1 Å². The van der Waals surface area contributed by atoms with Gasteiger partial charge in [-0.1, -0.05) is 37.3 Å². The van der Waals surface area contributed by atoms with E-state index in [0.717, 1.165) is 12.1 Å². The van der Waals surface area contributed by atoms with Crippen molar-refractivity contribution < 1.29 is 5.11 Å². The maximum Gasteiger partial charge on any atom is 0.0914 e. The van der Waals surface area contributed by atoms with Gasteiger partial charge < -0.3 is 10.4 Å². The first-order chi connectivity index (χ1) is 7.84. The van der Waals surface area contributed by atoms with Crippen LogP contribution in [0.4, 0.5) is 0 Å². The zero-order valence-electron chi connectivity index (χ0n) is 9.86. The van der Waals surface area contributed by atoms with E-state index in [4.69, 9.17) is 0 Å². The van der Waals surface area contributed by atoms with Crippen molar-refractivity contribution in [2.24, 2.45) is 0 Å². The van der Waals surface area contributed by atoms with Gasteiger partial charge in [0.05, 0.1) is 6.10 Å². The molecule has 0 amide bonds. The van der Waals surface area contributed by atoms with Crippen LogP contribution in [-0.4, -0.2) is 29.7 Å². The summed E-state index contributed by atoms with van der Waals surface area (Å²) >= 11 is 1.96. The topological polar surface area (TPSA) is 32.3 Å². The average molecular weight is 239 g/mol. The molecule has 0 saturated carbocycles. The molecule has 0 heterocycles. The number of thioether (sulfide) groups is 1. The second kappa shape index (κ2) is 8.62. The number of hydrogen-bond donors (Lipinski definition) is 2. The minimum atomic E-state index is -0.389. The molecule has 1 aromatic rings.